The zero-order valence-electron chi connectivity index (χ0n) is 17.2. The molecule has 9 heteroatoms. The van der Waals surface area contributed by atoms with Gasteiger partial charge in [-0.05, 0) is 47.4 Å². The smallest absolute Gasteiger partial charge is 0.471 e. The van der Waals surface area contributed by atoms with Gasteiger partial charge < -0.3 is 19.5 Å². The van der Waals surface area contributed by atoms with E-state index in [9.17, 15) is 22.8 Å². The first kappa shape index (κ1) is 22.6. The Morgan fingerprint density at radius 2 is 1.97 bits per heavy atom. The predicted octanol–water partition coefficient (Wildman–Crippen LogP) is 3.79. The van der Waals surface area contributed by atoms with E-state index in [0.717, 1.165) is 16.7 Å². The van der Waals surface area contributed by atoms with Crippen molar-refractivity contribution in [2.75, 3.05) is 26.6 Å². The molecule has 6 nitrogen and oxygen atoms in total. The zero-order valence-corrected chi connectivity index (χ0v) is 17.2. The molecule has 2 atom stereocenters. The van der Waals surface area contributed by atoms with Gasteiger partial charge in [0.1, 0.15) is 11.4 Å². The second-order valence-electron chi connectivity index (χ2n) is 7.17. The van der Waals surface area contributed by atoms with Gasteiger partial charge in [0, 0.05) is 19.2 Å². The summed E-state index contributed by atoms with van der Waals surface area (Å²) in [7, 11) is 4.27. The third-order valence-electron chi connectivity index (χ3n) is 5.37. The second kappa shape index (κ2) is 8.58. The molecule has 31 heavy (non-hydrogen) atoms. The maximum Gasteiger partial charge on any atom is 0.471 e. The number of hydrogen-bond acceptors (Lipinski definition) is 5. The molecule has 2 aliphatic rings. The molecule has 2 aliphatic carbocycles. The number of fused-ring (bicyclic) bond motifs is 1. The molecule has 0 aliphatic heterocycles. The van der Waals surface area contributed by atoms with Gasteiger partial charge in [-0.3, -0.25) is 9.59 Å². The first-order chi connectivity index (χ1) is 14.6. The number of rotatable bonds is 6. The number of allylic oxidation sites excluding steroid dienone is 1. The summed E-state index contributed by atoms with van der Waals surface area (Å²) in [6.07, 6.45) is 2.89. The minimum atomic E-state index is -4.97. The Bertz CT molecular complexity index is 980. The topological polar surface area (TPSA) is 73.9 Å². The Balaban J connectivity index is 1.87. The number of amides is 1. The number of benzene rings is 1. The standard InChI is InChI=1S/C22H22F3NO5/c1-29-18-10-14(19(27)30-2)8-9-21(18,31-3)12-15-5-4-13-6-7-16(11-17(13)15)26-20(28)22(23,24)25/h5-11,14H,4,12H2,1-3H3,(H,26,28). The molecular formula is C22H22F3NO5. The van der Waals surface area contributed by atoms with Crippen LogP contribution in [0.15, 0.2) is 48.3 Å². The van der Waals surface area contributed by atoms with E-state index in [1.165, 1.54) is 33.5 Å². The number of ether oxygens (including phenoxy) is 3. The Morgan fingerprint density at radius 3 is 2.58 bits per heavy atom. The van der Waals surface area contributed by atoms with Crippen molar-refractivity contribution in [1.82, 2.24) is 0 Å². The molecule has 166 valence electrons. The molecule has 0 fully saturated rings. The van der Waals surface area contributed by atoms with E-state index in [0.29, 0.717) is 18.6 Å². The van der Waals surface area contributed by atoms with Crippen LogP contribution >= 0.6 is 0 Å². The van der Waals surface area contributed by atoms with E-state index in [-0.39, 0.29) is 5.69 Å². The van der Waals surface area contributed by atoms with Crippen molar-refractivity contribution in [3.8, 4) is 0 Å². The molecule has 1 amide bonds. The normalized spacial score (nSPS) is 22.3. The van der Waals surface area contributed by atoms with Crippen LogP contribution in [0.25, 0.3) is 5.57 Å². The summed E-state index contributed by atoms with van der Waals surface area (Å²) in [5, 5.41) is 1.88. The highest BCUT2D eigenvalue weighted by Crippen LogP contribution is 2.42. The van der Waals surface area contributed by atoms with Gasteiger partial charge >= 0.3 is 18.1 Å². The van der Waals surface area contributed by atoms with Crippen molar-refractivity contribution in [2.45, 2.75) is 24.6 Å². The first-order valence-electron chi connectivity index (χ1n) is 9.42. The Morgan fingerprint density at radius 1 is 1.23 bits per heavy atom. The lowest BCUT2D eigenvalue weighted by molar-refractivity contribution is -0.167. The second-order valence-corrected chi connectivity index (χ2v) is 7.17. The van der Waals surface area contributed by atoms with Crippen LogP contribution in [0.1, 0.15) is 17.5 Å². The van der Waals surface area contributed by atoms with Crippen molar-refractivity contribution >= 4 is 23.1 Å². The molecule has 1 N–H and O–H groups in total. The van der Waals surface area contributed by atoms with Crippen LogP contribution in [0, 0.1) is 5.92 Å². The average Bonchev–Trinajstić information content (AvgIpc) is 3.14. The fourth-order valence-electron chi connectivity index (χ4n) is 3.74. The fourth-order valence-corrected chi connectivity index (χ4v) is 3.74. The third-order valence-corrected chi connectivity index (χ3v) is 5.37. The molecule has 0 saturated heterocycles. The number of esters is 1. The predicted molar refractivity (Wildman–Crippen MR) is 107 cm³/mol. The van der Waals surface area contributed by atoms with Crippen LogP contribution in [0.2, 0.25) is 0 Å². The van der Waals surface area contributed by atoms with Gasteiger partial charge in [0.2, 0.25) is 0 Å². The van der Waals surface area contributed by atoms with Crippen LogP contribution in [0.4, 0.5) is 18.9 Å². The highest BCUT2D eigenvalue weighted by atomic mass is 19.4. The van der Waals surface area contributed by atoms with Crippen LogP contribution < -0.4 is 5.32 Å². The summed E-state index contributed by atoms with van der Waals surface area (Å²) in [4.78, 5) is 23.2. The lowest BCUT2D eigenvalue weighted by Crippen LogP contribution is -2.36. The summed E-state index contributed by atoms with van der Waals surface area (Å²) < 4.78 is 53.8. The van der Waals surface area contributed by atoms with E-state index < -0.39 is 29.6 Å². The number of carbonyl (C=O) groups is 2. The van der Waals surface area contributed by atoms with Gasteiger partial charge in [0.05, 0.1) is 20.1 Å². The summed E-state index contributed by atoms with van der Waals surface area (Å²) in [6, 6.07) is 4.63. The molecule has 3 rings (SSSR count). The number of nitrogens with one attached hydrogen (secondary N) is 1. The summed E-state index contributed by atoms with van der Waals surface area (Å²) in [5.41, 5.74) is 1.51. The molecule has 0 saturated carbocycles. The highest BCUT2D eigenvalue weighted by Gasteiger charge is 2.40. The largest absolute Gasteiger partial charge is 0.498 e. The Hall–Kier alpha value is -3.07. The minimum Gasteiger partial charge on any atom is -0.498 e. The minimum absolute atomic E-state index is 0.0489. The maximum absolute atomic E-state index is 12.6. The molecule has 0 spiro atoms. The molecule has 1 aromatic carbocycles. The number of alkyl halides is 3. The molecule has 1 aromatic rings. The van der Waals surface area contributed by atoms with Crippen molar-refractivity contribution in [3.63, 3.8) is 0 Å². The van der Waals surface area contributed by atoms with E-state index in [1.807, 2.05) is 11.4 Å². The summed E-state index contributed by atoms with van der Waals surface area (Å²) >= 11 is 0. The van der Waals surface area contributed by atoms with Crippen molar-refractivity contribution in [3.05, 3.63) is 59.4 Å². The molecule has 2 unspecified atom stereocenters. The van der Waals surface area contributed by atoms with Gasteiger partial charge in [-0.25, -0.2) is 0 Å². The summed E-state index contributed by atoms with van der Waals surface area (Å²) in [6.45, 7) is 0. The number of carbonyl (C=O) groups excluding carboxylic acids is 2. The third kappa shape index (κ3) is 4.51. The monoisotopic (exact) mass is 437 g/mol. The van der Waals surface area contributed by atoms with Gasteiger partial charge in [0.15, 0.2) is 0 Å². The van der Waals surface area contributed by atoms with Gasteiger partial charge in [-0.2, -0.15) is 13.2 Å². The van der Waals surface area contributed by atoms with Crippen molar-refractivity contribution in [1.29, 1.82) is 0 Å². The van der Waals surface area contributed by atoms with E-state index in [4.69, 9.17) is 14.2 Å². The maximum atomic E-state index is 12.6. The number of methoxy groups -OCH3 is 3. The number of halogens is 3. The molecule has 0 radical (unpaired) electrons. The van der Waals surface area contributed by atoms with Crippen LogP contribution in [-0.2, 0) is 30.2 Å². The lowest BCUT2D eigenvalue weighted by atomic mass is 9.83. The summed E-state index contributed by atoms with van der Waals surface area (Å²) in [5.74, 6) is -2.66. The molecule has 0 aromatic heterocycles. The van der Waals surface area contributed by atoms with Gasteiger partial charge in [0.25, 0.3) is 0 Å². The number of hydrogen-bond donors (Lipinski definition) is 1. The highest BCUT2D eigenvalue weighted by molar-refractivity contribution is 5.95. The van der Waals surface area contributed by atoms with E-state index in [2.05, 4.69) is 0 Å². The van der Waals surface area contributed by atoms with Gasteiger partial charge in [-0.15, -0.1) is 0 Å². The Labute approximate surface area is 177 Å². The number of anilines is 1. The van der Waals surface area contributed by atoms with Crippen molar-refractivity contribution < 1.29 is 37.0 Å². The van der Waals surface area contributed by atoms with E-state index in [1.54, 1.807) is 24.3 Å². The lowest BCUT2D eigenvalue weighted by Gasteiger charge is -2.34. The SMILES string of the molecule is COC(=O)C1C=CC(CC2=CCc3ccc(NC(=O)C(F)(F)F)cc32)(OC)C(OC)=C1. The Kier molecular flexibility index (Phi) is 6.26. The van der Waals surface area contributed by atoms with Crippen LogP contribution in [-0.4, -0.2) is 45.0 Å². The quantitative estimate of drug-likeness (QED) is 0.542. The average molecular weight is 437 g/mol. The van der Waals surface area contributed by atoms with Crippen LogP contribution in [0.3, 0.4) is 0 Å². The van der Waals surface area contributed by atoms with Gasteiger partial charge in [-0.1, -0.05) is 18.2 Å². The van der Waals surface area contributed by atoms with Crippen molar-refractivity contribution in [2.24, 2.45) is 5.92 Å². The zero-order chi connectivity index (χ0) is 22.8. The molecule has 0 bridgehead atoms. The van der Waals surface area contributed by atoms with Crippen LogP contribution in [0.5, 0.6) is 0 Å². The molecular weight excluding hydrogens is 415 g/mol. The first-order valence-corrected chi connectivity index (χ1v) is 9.42. The fraction of sp³-hybridized carbons (Fsp3) is 0.364. The van der Waals surface area contributed by atoms with E-state index >= 15 is 0 Å². The molecule has 0 heterocycles.